The number of allylic oxidation sites excluding steroid dienone is 3. The summed E-state index contributed by atoms with van der Waals surface area (Å²) >= 11 is 0. The Morgan fingerprint density at radius 2 is 2.10 bits per heavy atom. The number of hydrogen-bond acceptors (Lipinski definition) is 1. The third-order valence-electron chi connectivity index (χ3n) is 0.847. The number of hydrogen-bond donors (Lipinski definition) is 0. The van der Waals surface area contributed by atoms with Crippen molar-refractivity contribution in [3.8, 4) is 6.07 Å². The third kappa shape index (κ3) is 3.71. The van der Waals surface area contributed by atoms with Gasteiger partial charge in [-0.1, -0.05) is 0 Å². The average molecular weight is 237 g/mol. The molecule has 1 nitrogen and oxygen atoms in total. The van der Waals surface area contributed by atoms with Crippen molar-refractivity contribution in [2.24, 2.45) is 0 Å². The van der Waals surface area contributed by atoms with Crippen molar-refractivity contribution in [3.63, 3.8) is 0 Å². The predicted molar refractivity (Wildman–Crippen MR) is 30.6 cm³/mol. The van der Waals surface area contributed by atoms with Gasteiger partial charge in [0.25, 0.3) is 0 Å². The topological polar surface area (TPSA) is 23.8 Å². The van der Waals surface area contributed by atoms with Gasteiger partial charge in [0, 0.05) is 29.1 Å². The number of rotatable bonds is 0. The summed E-state index contributed by atoms with van der Waals surface area (Å²) in [6.07, 6.45) is 6.89. The number of halogens is 1. The standard InChI is InChI=1S/C7H4N.BrH.Mn/c8-6-7-4-2-1-3-5-7;;/h2-5H;1H;/p-1. The van der Waals surface area contributed by atoms with E-state index < -0.39 is 0 Å². The molecule has 0 saturated carbocycles. The maximum absolute atomic E-state index is 8.27. The quantitative estimate of drug-likeness (QED) is 0.366. The zero-order valence-electron chi connectivity index (χ0n) is 5.01. The Balaban J connectivity index is 0. The monoisotopic (exact) mass is 236 g/mol. The Morgan fingerprint density at radius 1 is 1.40 bits per heavy atom. The second-order valence-corrected chi connectivity index (χ2v) is 1.40. The first-order chi connectivity index (χ1) is 3.93. The van der Waals surface area contributed by atoms with Gasteiger partial charge in [-0.25, -0.2) is 0 Å². The van der Waals surface area contributed by atoms with E-state index >= 15 is 0 Å². The molecule has 0 aliphatic heterocycles. The molecule has 0 amide bonds. The van der Waals surface area contributed by atoms with Crippen LogP contribution in [0.1, 0.15) is 0 Å². The van der Waals surface area contributed by atoms with Gasteiger partial charge in [-0.2, -0.15) is 5.26 Å². The van der Waals surface area contributed by atoms with Crippen LogP contribution in [0.25, 0.3) is 0 Å². The smallest absolute Gasteiger partial charge is 0.0954 e. The molecule has 0 unspecified atom stereocenters. The van der Waals surface area contributed by atoms with Crippen LogP contribution < -0.4 is 17.0 Å². The van der Waals surface area contributed by atoms with E-state index in [9.17, 15) is 0 Å². The Hall–Kier alpha value is -0.251. The fraction of sp³-hybridized carbons (Fsp3) is 0. The molecule has 1 aliphatic rings. The van der Waals surface area contributed by atoms with Crippen molar-refractivity contribution in [1.29, 1.82) is 5.26 Å². The summed E-state index contributed by atoms with van der Waals surface area (Å²) in [7, 11) is 0. The molecule has 52 valence electrons. The van der Waals surface area contributed by atoms with Crippen molar-refractivity contribution in [2.75, 3.05) is 0 Å². The summed E-state index contributed by atoms with van der Waals surface area (Å²) < 4.78 is 0. The van der Waals surface area contributed by atoms with Crippen LogP contribution >= 0.6 is 0 Å². The second kappa shape index (κ2) is 6.86. The van der Waals surface area contributed by atoms with E-state index in [0.29, 0.717) is 5.57 Å². The molecule has 0 aromatic heterocycles. The normalized spacial score (nSPS) is 12.1. The molecular formula is C7H4BrMnN-. The van der Waals surface area contributed by atoms with E-state index in [1.54, 1.807) is 24.6 Å². The zero-order chi connectivity index (χ0) is 5.82. The van der Waals surface area contributed by atoms with Gasteiger partial charge in [0.2, 0.25) is 0 Å². The van der Waals surface area contributed by atoms with Gasteiger partial charge in [-0.15, -0.1) is 5.73 Å². The van der Waals surface area contributed by atoms with Gasteiger partial charge in [0.1, 0.15) is 0 Å². The molecule has 1 aliphatic carbocycles. The molecular weight excluding hydrogens is 233 g/mol. The van der Waals surface area contributed by atoms with Gasteiger partial charge in [0.15, 0.2) is 0 Å². The molecule has 0 spiro atoms. The van der Waals surface area contributed by atoms with Crippen LogP contribution in [-0.2, 0) is 17.1 Å². The number of nitriles is 1. The molecule has 0 saturated heterocycles. The molecule has 10 heavy (non-hydrogen) atoms. The van der Waals surface area contributed by atoms with Crippen LogP contribution in [0, 0.1) is 17.8 Å². The van der Waals surface area contributed by atoms with Crippen molar-refractivity contribution >= 4 is 0 Å². The molecule has 0 aromatic rings. The summed E-state index contributed by atoms with van der Waals surface area (Å²) in [5, 5.41) is 8.27. The first-order valence-corrected chi connectivity index (χ1v) is 2.29. The zero-order valence-corrected chi connectivity index (χ0v) is 7.78. The van der Waals surface area contributed by atoms with Gasteiger partial charge in [-0.3, -0.25) is 0 Å². The number of nitrogens with zero attached hydrogens (tertiary/aromatic N) is 1. The molecule has 1 rings (SSSR count). The summed E-state index contributed by atoms with van der Waals surface area (Å²) in [6.45, 7) is 0. The fourth-order valence-corrected chi connectivity index (χ4v) is 0.461. The molecule has 2 radical (unpaired) electrons. The molecule has 0 N–H and O–H groups in total. The maximum Gasteiger partial charge on any atom is 0.0954 e. The fourth-order valence-electron chi connectivity index (χ4n) is 0.461. The minimum absolute atomic E-state index is 0. The van der Waals surface area contributed by atoms with Crippen LogP contribution in [0.4, 0.5) is 0 Å². The first-order valence-electron chi connectivity index (χ1n) is 2.29. The second-order valence-electron chi connectivity index (χ2n) is 1.40. The van der Waals surface area contributed by atoms with Crippen molar-refractivity contribution in [2.45, 2.75) is 0 Å². The van der Waals surface area contributed by atoms with Gasteiger partial charge in [-0.05, 0) is 18.2 Å². The van der Waals surface area contributed by atoms with E-state index in [1.807, 2.05) is 6.07 Å². The van der Waals surface area contributed by atoms with E-state index in [4.69, 9.17) is 5.26 Å². The molecule has 0 heterocycles. The average Bonchev–Trinajstić information content (AvgIpc) is 1.90. The first kappa shape index (κ1) is 12.4. The Kier molecular flexibility index (Phi) is 8.53. The van der Waals surface area contributed by atoms with E-state index in [2.05, 4.69) is 5.73 Å². The Labute approximate surface area is 81.4 Å². The van der Waals surface area contributed by atoms with Crippen molar-refractivity contribution in [3.05, 3.63) is 36.0 Å². The molecule has 0 bridgehead atoms. The third-order valence-corrected chi connectivity index (χ3v) is 0.847. The van der Waals surface area contributed by atoms with Crippen LogP contribution in [0.3, 0.4) is 0 Å². The van der Waals surface area contributed by atoms with Crippen molar-refractivity contribution in [1.82, 2.24) is 0 Å². The van der Waals surface area contributed by atoms with E-state index in [0.717, 1.165) is 0 Å². The van der Waals surface area contributed by atoms with E-state index in [1.165, 1.54) is 0 Å². The van der Waals surface area contributed by atoms with Gasteiger partial charge >= 0.3 is 0 Å². The predicted octanol–water partition coefficient (Wildman–Crippen LogP) is -1.63. The van der Waals surface area contributed by atoms with Crippen molar-refractivity contribution < 1.29 is 34.1 Å². The molecule has 3 heteroatoms. The Morgan fingerprint density at radius 3 is 2.40 bits per heavy atom. The minimum atomic E-state index is 0. The summed E-state index contributed by atoms with van der Waals surface area (Å²) in [4.78, 5) is 0. The molecule has 0 aromatic carbocycles. The minimum Gasteiger partial charge on any atom is -1.00 e. The van der Waals surface area contributed by atoms with Crippen LogP contribution in [-0.4, -0.2) is 0 Å². The van der Waals surface area contributed by atoms with Gasteiger partial charge < -0.3 is 17.0 Å². The molecule has 0 atom stereocenters. The molecule has 0 fully saturated rings. The maximum atomic E-state index is 8.27. The van der Waals surface area contributed by atoms with E-state index in [-0.39, 0.29) is 34.1 Å². The summed E-state index contributed by atoms with van der Waals surface area (Å²) in [5.74, 6) is 0. The van der Waals surface area contributed by atoms with Gasteiger partial charge in [0.05, 0.1) is 6.07 Å². The summed E-state index contributed by atoms with van der Waals surface area (Å²) in [6, 6.07) is 2.01. The Bertz CT molecular complexity index is 218. The van der Waals surface area contributed by atoms with Crippen LogP contribution in [0.2, 0.25) is 0 Å². The van der Waals surface area contributed by atoms with Crippen LogP contribution in [0.5, 0.6) is 0 Å². The SMILES string of the molecule is N#CC1=CC=C=C[CH]1.[Br-].[Mn]. The summed E-state index contributed by atoms with van der Waals surface area (Å²) in [5.41, 5.74) is 3.50. The largest absolute Gasteiger partial charge is 1.00 e. The van der Waals surface area contributed by atoms with Crippen LogP contribution in [0.15, 0.2) is 29.5 Å².